The molecular formula is C14H29N3O6. The summed E-state index contributed by atoms with van der Waals surface area (Å²) in [5.74, 6) is -0.285. The van der Waals surface area contributed by atoms with Crippen LogP contribution < -0.4 is 16.7 Å². The molecule has 0 aliphatic carbocycles. The van der Waals surface area contributed by atoms with Gasteiger partial charge in [-0.1, -0.05) is 13.0 Å². The highest BCUT2D eigenvalue weighted by Gasteiger charge is 2.30. The number of amides is 3. The summed E-state index contributed by atoms with van der Waals surface area (Å²) in [5.41, 5.74) is 8.40. The van der Waals surface area contributed by atoms with Crippen molar-refractivity contribution in [1.29, 1.82) is 0 Å². The zero-order valence-corrected chi connectivity index (χ0v) is 13.6. The molecule has 0 radical (unpaired) electrons. The Bertz CT molecular complexity index is 403. The minimum Gasteiger partial charge on any atom is -0.463 e. The average molecular weight is 335 g/mol. The number of urea groups is 1. The van der Waals surface area contributed by atoms with E-state index in [1.165, 1.54) is 11.6 Å². The molecule has 1 rings (SSSR count). The van der Waals surface area contributed by atoms with E-state index < -0.39 is 6.03 Å². The van der Waals surface area contributed by atoms with E-state index in [0.717, 1.165) is 5.57 Å². The van der Waals surface area contributed by atoms with E-state index in [9.17, 15) is 14.4 Å². The van der Waals surface area contributed by atoms with Gasteiger partial charge >= 0.3 is 12.0 Å². The predicted molar refractivity (Wildman–Crippen MR) is 85.2 cm³/mol. The minimum atomic E-state index is -0.940. The Labute approximate surface area is 137 Å². The van der Waals surface area contributed by atoms with Gasteiger partial charge in [0.25, 0.3) is 0 Å². The van der Waals surface area contributed by atoms with Gasteiger partial charge in [0.15, 0.2) is 0 Å². The Hall–Kier alpha value is -2.13. The average Bonchev–Trinajstić information content (AvgIpc) is 2.68. The summed E-state index contributed by atoms with van der Waals surface area (Å²) in [5, 5.41) is 7.42. The molecule has 1 aliphatic heterocycles. The van der Waals surface area contributed by atoms with Crippen LogP contribution in [0.25, 0.3) is 0 Å². The van der Waals surface area contributed by atoms with E-state index in [4.69, 9.17) is 10.0 Å². The molecule has 1 saturated heterocycles. The first-order valence-corrected chi connectivity index (χ1v) is 6.52. The van der Waals surface area contributed by atoms with E-state index >= 15 is 0 Å². The van der Waals surface area contributed by atoms with Crippen molar-refractivity contribution < 1.29 is 29.2 Å². The largest absolute Gasteiger partial charge is 0.463 e. The van der Waals surface area contributed by atoms with E-state index in [1.807, 2.05) is 27.7 Å². The lowest BCUT2D eigenvalue weighted by Crippen LogP contribution is -2.25. The van der Waals surface area contributed by atoms with Gasteiger partial charge in [0.2, 0.25) is 5.91 Å². The molecule has 1 fully saturated rings. The van der Waals surface area contributed by atoms with Crippen molar-refractivity contribution in [3.63, 3.8) is 0 Å². The number of primary amides is 1. The van der Waals surface area contributed by atoms with Crippen LogP contribution in [0.1, 0.15) is 48.5 Å². The molecule has 0 bridgehead atoms. The quantitative estimate of drug-likeness (QED) is 0.260. The van der Waals surface area contributed by atoms with Gasteiger partial charge in [-0.3, -0.25) is 14.8 Å². The third kappa shape index (κ3) is 19.9. The monoisotopic (exact) mass is 335 g/mol. The van der Waals surface area contributed by atoms with Crippen molar-refractivity contribution in [2.24, 2.45) is 5.73 Å². The van der Waals surface area contributed by atoms with Crippen molar-refractivity contribution in [3.8, 4) is 0 Å². The zero-order valence-electron chi connectivity index (χ0n) is 13.6. The number of nitrogens with one attached hydrogen (secondary N) is 2. The van der Waals surface area contributed by atoms with Gasteiger partial charge in [-0.25, -0.2) is 20.5 Å². The number of hydroxylamine groups is 2. The van der Waals surface area contributed by atoms with Crippen LogP contribution in [0.3, 0.4) is 0 Å². The Kier molecular flexibility index (Phi) is 15.2. The fourth-order valence-electron chi connectivity index (χ4n) is 1.07. The first-order chi connectivity index (χ1) is 10.0. The summed E-state index contributed by atoms with van der Waals surface area (Å²) in [6.45, 7) is 9.68. The lowest BCUT2D eigenvalue weighted by Gasteiger charge is -2.10. The van der Waals surface area contributed by atoms with Crippen molar-refractivity contribution in [2.45, 2.75) is 54.1 Å². The van der Waals surface area contributed by atoms with Crippen LogP contribution in [0.5, 0.6) is 0 Å². The van der Waals surface area contributed by atoms with Gasteiger partial charge in [-0.2, -0.15) is 0 Å². The smallest absolute Gasteiger partial charge is 0.335 e. The number of allylic oxidation sites excluding steroid dienone is 1. The topological polar surface area (TPSA) is 140 Å². The molecule has 0 saturated carbocycles. The number of carbonyl (C=O) groups is 3. The Morgan fingerprint density at radius 1 is 1.48 bits per heavy atom. The normalized spacial score (nSPS) is 13.6. The first-order valence-electron chi connectivity index (χ1n) is 6.52. The molecule has 1 heterocycles. The predicted octanol–water partition coefficient (Wildman–Crippen LogP) is 1.41. The molecule has 9 heteroatoms. The lowest BCUT2D eigenvalue weighted by atomic mass is 10.1. The van der Waals surface area contributed by atoms with Crippen molar-refractivity contribution >= 4 is 17.9 Å². The highest BCUT2D eigenvalue weighted by molar-refractivity contribution is 5.82. The SMILES string of the molecule is C.CC1(C)CC(=O)NO1.CCOC(=O)C=C(C)C.NC(=O)NO. The molecule has 0 aromatic carbocycles. The third-order valence-electron chi connectivity index (χ3n) is 1.83. The van der Waals surface area contributed by atoms with Crippen LogP contribution in [0.2, 0.25) is 0 Å². The maximum absolute atomic E-state index is 10.6. The summed E-state index contributed by atoms with van der Waals surface area (Å²) in [4.78, 5) is 35.1. The van der Waals surface area contributed by atoms with Crippen LogP contribution in [0, 0.1) is 0 Å². The lowest BCUT2D eigenvalue weighted by molar-refractivity contribution is -0.137. The molecule has 3 amide bonds. The van der Waals surface area contributed by atoms with Gasteiger partial charge in [0.1, 0.15) is 0 Å². The maximum atomic E-state index is 10.6. The standard InChI is InChI=1S/C7H12O2.C5H9NO2.CH4N2O2.CH4/c1-4-9-7(8)5-6(2)3;1-5(2)3-4(7)6-8-5;2-1(4)3-5;/h5H,4H2,1-3H3;3H2,1-2H3,(H,6,7);5H,(H3,2,3,4);1H4. The Morgan fingerprint density at radius 3 is 2.13 bits per heavy atom. The molecule has 136 valence electrons. The van der Waals surface area contributed by atoms with E-state index in [2.05, 4.69) is 16.0 Å². The van der Waals surface area contributed by atoms with E-state index in [-0.39, 0.29) is 24.9 Å². The molecule has 1 aliphatic rings. The maximum Gasteiger partial charge on any atom is 0.335 e. The molecule has 0 unspecified atom stereocenters. The van der Waals surface area contributed by atoms with Crippen molar-refractivity contribution in [1.82, 2.24) is 11.0 Å². The fourth-order valence-corrected chi connectivity index (χ4v) is 1.07. The molecule has 23 heavy (non-hydrogen) atoms. The molecule has 0 atom stereocenters. The molecule has 9 nitrogen and oxygen atoms in total. The minimum absolute atomic E-state index is 0. The Morgan fingerprint density at radius 2 is 1.96 bits per heavy atom. The van der Waals surface area contributed by atoms with Gasteiger partial charge in [0, 0.05) is 6.08 Å². The van der Waals surface area contributed by atoms with Crippen LogP contribution in [-0.2, 0) is 19.2 Å². The van der Waals surface area contributed by atoms with E-state index in [1.54, 1.807) is 6.92 Å². The van der Waals surface area contributed by atoms with Crippen LogP contribution in [0.4, 0.5) is 4.79 Å². The van der Waals surface area contributed by atoms with E-state index in [0.29, 0.717) is 13.0 Å². The van der Waals surface area contributed by atoms with Gasteiger partial charge < -0.3 is 10.5 Å². The second kappa shape index (κ2) is 13.5. The van der Waals surface area contributed by atoms with Crippen LogP contribution >= 0.6 is 0 Å². The number of ether oxygens (including phenoxy) is 1. The first kappa shape index (κ1) is 25.8. The molecule has 0 aromatic heterocycles. The second-order valence-corrected chi connectivity index (χ2v) is 5.01. The highest BCUT2D eigenvalue weighted by atomic mass is 16.7. The fraction of sp³-hybridized carbons (Fsp3) is 0.643. The van der Waals surface area contributed by atoms with Crippen LogP contribution in [-0.4, -0.2) is 35.3 Å². The van der Waals surface area contributed by atoms with Gasteiger partial charge in [0.05, 0.1) is 18.6 Å². The van der Waals surface area contributed by atoms with Gasteiger partial charge in [-0.15, -0.1) is 0 Å². The Balaban J connectivity index is -0.000000265. The highest BCUT2D eigenvalue weighted by Crippen LogP contribution is 2.17. The zero-order chi connectivity index (χ0) is 17.8. The number of nitrogens with two attached hydrogens (primary N) is 1. The van der Waals surface area contributed by atoms with Crippen molar-refractivity contribution in [2.75, 3.05) is 6.61 Å². The second-order valence-electron chi connectivity index (χ2n) is 5.01. The number of esters is 1. The number of rotatable bonds is 2. The van der Waals surface area contributed by atoms with Crippen molar-refractivity contribution in [3.05, 3.63) is 11.6 Å². The summed E-state index contributed by atoms with van der Waals surface area (Å²) >= 11 is 0. The summed E-state index contributed by atoms with van der Waals surface area (Å²) < 4.78 is 4.64. The third-order valence-corrected chi connectivity index (χ3v) is 1.83. The molecule has 5 N–H and O–H groups in total. The summed E-state index contributed by atoms with van der Waals surface area (Å²) in [7, 11) is 0. The summed E-state index contributed by atoms with van der Waals surface area (Å²) in [6, 6.07) is -0.940. The van der Waals surface area contributed by atoms with Crippen LogP contribution in [0.15, 0.2) is 11.6 Å². The molecule has 0 aromatic rings. The number of hydrogen-bond donors (Lipinski definition) is 4. The number of carbonyl (C=O) groups excluding carboxylic acids is 3. The number of hydrogen-bond acceptors (Lipinski definition) is 6. The van der Waals surface area contributed by atoms with Gasteiger partial charge in [-0.05, 0) is 34.6 Å². The molecule has 0 spiro atoms. The molecular weight excluding hydrogens is 306 g/mol. The summed E-state index contributed by atoms with van der Waals surface area (Å²) in [6.07, 6.45) is 1.94.